The van der Waals surface area contributed by atoms with Gasteiger partial charge in [-0.2, -0.15) is 0 Å². The maximum atomic E-state index is 13.3. The molecule has 1 fully saturated rings. The van der Waals surface area contributed by atoms with Crippen LogP contribution in [-0.2, 0) is 10.3 Å². The van der Waals surface area contributed by atoms with E-state index in [4.69, 9.17) is 0 Å². The molecule has 1 aliphatic rings. The molecular weight excluding hydrogens is 410 g/mol. The Bertz CT molecular complexity index is 1380. The van der Waals surface area contributed by atoms with E-state index in [1.165, 1.54) is 11.0 Å². The number of aryl methyl sites for hydroxylation is 1. The number of urea groups is 1. The fourth-order valence-electron chi connectivity index (χ4n) is 4.13. The lowest BCUT2D eigenvalue weighted by Crippen LogP contribution is -2.41. The van der Waals surface area contributed by atoms with Crippen LogP contribution >= 0.6 is 0 Å². The Hall–Kier alpha value is -4.34. The van der Waals surface area contributed by atoms with Crippen molar-refractivity contribution in [1.29, 1.82) is 0 Å². The largest absolute Gasteiger partial charge is 0.358 e. The second-order valence-electron chi connectivity index (χ2n) is 7.84. The molecule has 0 saturated carbocycles. The van der Waals surface area contributed by atoms with E-state index in [1.807, 2.05) is 24.3 Å². The summed E-state index contributed by atoms with van der Waals surface area (Å²) in [5.41, 5.74) is 1.88. The number of amides is 3. The first-order valence-electron chi connectivity index (χ1n) is 9.97. The second-order valence-corrected chi connectivity index (χ2v) is 7.84. The molecule has 10 heteroatoms. The number of imide groups is 1. The molecule has 2 N–H and O–H groups in total. The number of hydrogen-bond acceptors (Lipinski definition) is 6. The maximum Gasteiger partial charge on any atom is 0.325 e. The van der Waals surface area contributed by atoms with Crippen molar-refractivity contribution < 1.29 is 14.4 Å². The lowest BCUT2D eigenvalue weighted by molar-refractivity contribution is -0.130. The molecule has 0 unspecified atom stereocenters. The van der Waals surface area contributed by atoms with Crippen LogP contribution in [-0.4, -0.2) is 54.4 Å². The van der Waals surface area contributed by atoms with Gasteiger partial charge in [0.25, 0.3) is 5.91 Å². The summed E-state index contributed by atoms with van der Waals surface area (Å²) >= 11 is 0. The molecule has 5 rings (SSSR count). The highest BCUT2D eigenvalue weighted by Crippen LogP contribution is 2.31. The molecule has 1 atom stereocenters. The number of rotatable bonds is 5. The lowest BCUT2D eigenvalue weighted by atomic mass is 9.91. The van der Waals surface area contributed by atoms with Gasteiger partial charge in [-0.25, -0.2) is 9.48 Å². The van der Waals surface area contributed by atoms with Gasteiger partial charge in [-0.05, 0) is 48.0 Å². The average molecular weight is 429 g/mol. The number of fused-ring (bicyclic) bond motifs is 1. The van der Waals surface area contributed by atoms with Crippen LogP contribution in [0.25, 0.3) is 16.6 Å². The molecule has 10 nitrogen and oxygen atoms in total. The number of benzene rings is 2. The summed E-state index contributed by atoms with van der Waals surface area (Å²) in [5, 5.41) is 14.6. The van der Waals surface area contributed by atoms with Crippen molar-refractivity contribution in [3.8, 4) is 5.69 Å². The molecule has 3 amide bonds. The molecule has 2 aromatic carbocycles. The summed E-state index contributed by atoms with van der Waals surface area (Å²) in [5.74, 6) is -0.808. The number of ketones is 1. The van der Waals surface area contributed by atoms with Gasteiger partial charge in [-0.15, -0.1) is 5.10 Å². The van der Waals surface area contributed by atoms with Crippen molar-refractivity contribution in [1.82, 2.24) is 35.4 Å². The van der Waals surface area contributed by atoms with Crippen LogP contribution in [0.4, 0.5) is 4.79 Å². The summed E-state index contributed by atoms with van der Waals surface area (Å²) in [6, 6.07) is 13.8. The fraction of sp³-hybridized carbons (Fsp3) is 0.182. The number of hydrogen-bond donors (Lipinski definition) is 2. The van der Waals surface area contributed by atoms with Gasteiger partial charge in [0.15, 0.2) is 5.78 Å². The van der Waals surface area contributed by atoms with Crippen molar-refractivity contribution in [3.63, 3.8) is 0 Å². The van der Waals surface area contributed by atoms with Crippen molar-refractivity contribution in [3.05, 3.63) is 71.7 Å². The molecule has 2 aromatic heterocycles. The molecule has 0 spiro atoms. The Kier molecular flexibility index (Phi) is 4.36. The van der Waals surface area contributed by atoms with E-state index in [0.717, 1.165) is 15.8 Å². The van der Waals surface area contributed by atoms with Crippen LogP contribution in [0.5, 0.6) is 0 Å². The zero-order valence-electron chi connectivity index (χ0n) is 17.4. The van der Waals surface area contributed by atoms with E-state index in [9.17, 15) is 14.4 Å². The minimum atomic E-state index is -1.32. The highest BCUT2D eigenvalue weighted by molar-refractivity contribution is 6.15. The van der Waals surface area contributed by atoms with Crippen molar-refractivity contribution in [2.75, 3.05) is 6.54 Å². The molecule has 3 heterocycles. The number of para-hydroxylation sites is 1. The predicted octanol–water partition coefficient (Wildman–Crippen LogP) is 2.10. The van der Waals surface area contributed by atoms with Crippen LogP contribution in [0.2, 0.25) is 0 Å². The normalized spacial score (nSPS) is 18.4. The zero-order valence-corrected chi connectivity index (χ0v) is 17.4. The number of carbonyl (C=O) groups excluding carboxylic acids is 3. The van der Waals surface area contributed by atoms with Gasteiger partial charge < -0.3 is 10.3 Å². The SMILES string of the molecule is Cc1[nH]c2ccccc2c1C(=O)CN1C(=O)N[C@@](C)(c2cccc(-n3cnnn3)c2)C1=O. The van der Waals surface area contributed by atoms with Gasteiger partial charge in [-0.3, -0.25) is 14.5 Å². The average Bonchev–Trinajstić information content (AvgIpc) is 3.48. The third-order valence-corrected chi connectivity index (χ3v) is 5.79. The summed E-state index contributed by atoms with van der Waals surface area (Å²) in [7, 11) is 0. The van der Waals surface area contributed by atoms with E-state index in [1.54, 1.807) is 38.1 Å². The molecule has 0 aliphatic carbocycles. The highest BCUT2D eigenvalue weighted by Gasteiger charge is 2.49. The van der Waals surface area contributed by atoms with Gasteiger partial charge in [0.2, 0.25) is 0 Å². The second kappa shape index (κ2) is 7.12. The molecule has 32 heavy (non-hydrogen) atoms. The Morgan fingerprint density at radius 2 is 1.94 bits per heavy atom. The van der Waals surface area contributed by atoms with Gasteiger partial charge in [0.05, 0.1) is 12.2 Å². The zero-order chi connectivity index (χ0) is 22.5. The lowest BCUT2D eigenvalue weighted by Gasteiger charge is -2.22. The Balaban J connectivity index is 1.45. The first-order chi connectivity index (χ1) is 15.4. The number of nitrogens with one attached hydrogen (secondary N) is 2. The van der Waals surface area contributed by atoms with Crippen LogP contribution in [0, 0.1) is 6.92 Å². The molecule has 1 aliphatic heterocycles. The minimum Gasteiger partial charge on any atom is -0.358 e. The standard InChI is InChI=1S/C22H19N7O3/c1-13-19(16-8-3-4-9-17(16)24-13)18(30)11-28-20(31)22(2,25-21(28)32)14-6-5-7-15(10-14)29-12-23-26-27-29/h3-10,12,24H,11H2,1-2H3,(H,25,32)/t22-/m0/s1. The Labute approximate surface area is 182 Å². The smallest absolute Gasteiger partial charge is 0.325 e. The number of aromatic amines is 1. The summed E-state index contributed by atoms with van der Waals surface area (Å²) in [4.78, 5) is 43.3. The quantitative estimate of drug-likeness (QED) is 0.370. The van der Waals surface area contributed by atoms with E-state index in [0.29, 0.717) is 22.5 Å². The number of nitrogens with zero attached hydrogens (tertiary/aromatic N) is 5. The van der Waals surface area contributed by atoms with E-state index < -0.39 is 17.5 Å². The number of Topliss-reactive ketones (excluding diaryl/α,β-unsaturated/α-hetero) is 1. The summed E-state index contributed by atoms with van der Waals surface area (Å²) < 4.78 is 1.45. The van der Waals surface area contributed by atoms with Crippen molar-refractivity contribution >= 4 is 28.6 Å². The summed E-state index contributed by atoms with van der Waals surface area (Å²) in [6.45, 7) is 3.07. The van der Waals surface area contributed by atoms with Gasteiger partial charge >= 0.3 is 6.03 Å². The summed E-state index contributed by atoms with van der Waals surface area (Å²) in [6.07, 6.45) is 1.44. The molecular formula is C22H19N7O3. The molecule has 0 bridgehead atoms. The third-order valence-electron chi connectivity index (χ3n) is 5.79. The topological polar surface area (TPSA) is 126 Å². The van der Waals surface area contributed by atoms with Crippen LogP contribution in [0.1, 0.15) is 28.5 Å². The number of H-pyrrole nitrogens is 1. The highest BCUT2D eigenvalue weighted by atomic mass is 16.2. The van der Waals surface area contributed by atoms with Crippen LogP contribution < -0.4 is 5.32 Å². The van der Waals surface area contributed by atoms with E-state index >= 15 is 0 Å². The number of tetrazole rings is 1. The number of carbonyl (C=O) groups is 3. The van der Waals surface area contributed by atoms with Crippen LogP contribution in [0.15, 0.2) is 54.9 Å². The van der Waals surface area contributed by atoms with Crippen molar-refractivity contribution in [2.24, 2.45) is 0 Å². The Morgan fingerprint density at radius 3 is 2.72 bits per heavy atom. The van der Waals surface area contributed by atoms with E-state index in [2.05, 4.69) is 25.8 Å². The van der Waals surface area contributed by atoms with Crippen molar-refractivity contribution in [2.45, 2.75) is 19.4 Å². The van der Waals surface area contributed by atoms with Crippen LogP contribution in [0.3, 0.4) is 0 Å². The fourth-order valence-corrected chi connectivity index (χ4v) is 4.13. The first kappa shape index (κ1) is 19.6. The van der Waals surface area contributed by atoms with E-state index in [-0.39, 0.29) is 12.3 Å². The first-order valence-corrected chi connectivity index (χ1v) is 9.97. The van der Waals surface area contributed by atoms with Gasteiger partial charge in [-0.1, -0.05) is 30.3 Å². The minimum absolute atomic E-state index is 0.310. The molecule has 1 saturated heterocycles. The third kappa shape index (κ3) is 2.96. The number of aromatic nitrogens is 5. The maximum absolute atomic E-state index is 13.3. The van der Waals surface area contributed by atoms with Gasteiger partial charge in [0, 0.05) is 22.2 Å². The molecule has 160 valence electrons. The monoisotopic (exact) mass is 429 g/mol. The predicted molar refractivity (Wildman–Crippen MR) is 114 cm³/mol. The van der Waals surface area contributed by atoms with Gasteiger partial charge in [0.1, 0.15) is 11.9 Å². The molecule has 4 aromatic rings. The molecule has 0 radical (unpaired) electrons. The Morgan fingerprint density at radius 1 is 1.12 bits per heavy atom.